The van der Waals surface area contributed by atoms with Gasteiger partial charge in [0.25, 0.3) is 11.8 Å². The van der Waals surface area contributed by atoms with Gasteiger partial charge >= 0.3 is 6.09 Å². The molecule has 1 aliphatic rings. The highest BCUT2D eigenvalue weighted by molar-refractivity contribution is 6.12. The van der Waals surface area contributed by atoms with E-state index in [-0.39, 0.29) is 44.7 Å². The van der Waals surface area contributed by atoms with E-state index in [0.717, 1.165) is 4.90 Å². The van der Waals surface area contributed by atoms with E-state index in [4.69, 9.17) is 15.9 Å². The van der Waals surface area contributed by atoms with E-state index in [1.54, 1.807) is 0 Å². The lowest BCUT2D eigenvalue weighted by atomic mass is 10.5. The summed E-state index contributed by atoms with van der Waals surface area (Å²) in [4.78, 5) is 34.3. The molecule has 1 heterocycles. The maximum absolute atomic E-state index is 11.2. The molecule has 0 unspecified atom stereocenters. The Labute approximate surface area is 138 Å². The summed E-state index contributed by atoms with van der Waals surface area (Å²) in [5, 5.41) is 2.32. The minimum atomic E-state index is -0.615. The molecule has 3 amide bonds. The van der Waals surface area contributed by atoms with Crippen LogP contribution in [0, 0.1) is 12.3 Å². The highest BCUT2D eigenvalue weighted by Crippen LogP contribution is 2.02. The maximum atomic E-state index is 11.2. The van der Waals surface area contributed by atoms with E-state index in [9.17, 15) is 14.4 Å². The number of hydrogen-bond acceptors (Lipinski definition) is 5. The number of alkyl carbamates (subject to hydrolysis) is 1. The zero-order valence-corrected chi connectivity index (χ0v) is 14.3. The lowest BCUT2D eigenvalue weighted by molar-refractivity contribution is -0.137. The third-order valence-corrected chi connectivity index (χ3v) is 2.16. The molecule has 0 fully saturated rings. The van der Waals surface area contributed by atoms with Crippen LogP contribution in [0.15, 0.2) is 12.2 Å². The predicted octanol–water partition coefficient (Wildman–Crippen LogP) is 1.34. The molecule has 0 aromatic carbocycles. The van der Waals surface area contributed by atoms with Gasteiger partial charge in [-0.05, 0) is 0 Å². The molecule has 0 aromatic heterocycles. The number of carbonyl (C=O) groups is 3. The van der Waals surface area contributed by atoms with Crippen molar-refractivity contribution in [2.45, 2.75) is 27.7 Å². The molecule has 0 atom stereocenters. The monoisotopic (exact) mass is 326 g/mol. The standard InChI is InChI=1S/C12H14N2O5.2C2H6/c1-2-5-13-12(17)19-9-8-18-7-6-14-10(15)3-4-11(14)16;2*1-2/h1,3-4H,5-9H2,(H,13,17);2*1-2H3. The second-order valence-electron chi connectivity index (χ2n) is 3.47. The third kappa shape index (κ3) is 11.0. The van der Waals surface area contributed by atoms with Crippen LogP contribution < -0.4 is 5.32 Å². The van der Waals surface area contributed by atoms with Crippen molar-refractivity contribution >= 4 is 17.9 Å². The van der Waals surface area contributed by atoms with Gasteiger partial charge in [-0.15, -0.1) is 6.42 Å². The number of ether oxygens (including phenoxy) is 2. The fourth-order valence-corrected chi connectivity index (χ4v) is 1.28. The molecule has 1 aliphatic heterocycles. The Morgan fingerprint density at radius 1 is 1.13 bits per heavy atom. The molecule has 7 heteroatoms. The highest BCUT2D eigenvalue weighted by atomic mass is 16.6. The summed E-state index contributed by atoms with van der Waals surface area (Å²) < 4.78 is 9.86. The van der Waals surface area contributed by atoms with E-state index in [1.807, 2.05) is 27.7 Å². The Morgan fingerprint density at radius 3 is 2.22 bits per heavy atom. The Bertz CT molecular complexity index is 409. The molecular formula is C16H26N2O5. The Morgan fingerprint density at radius 2 is 1.70 bits per heavy atom. The summed E-state index contributed by atoms with van der Waals surface area (Å²) in [5.74, 6) is 1.53. The molecule has 0 aliphatic carbocycles. The molecule has 0 bridgehead atoms. The van der Waals surface area contributed by atoms with Crippen molar-refractivity contribution in [2.75, 3.05) is 32.9 Å². The van der Waals surface area contributed by atoms with Crippen molar-refractivity contribution < 1.29 is 23.9 Å². The number of nitrogens with one attached hydrogen (secondary N) is 1. The van der Waals surface area contributed by atoms with Crippen LogP contribution in [0.1, 0.15) is 27.7 Å². The smallest absolute Gasteiger partial charge is 0.407 e. The van der Waals surface area contributed by atoms with Crippen LogP contribution in [-0.2, 0) is 19.1 Å². The minimum Gasteiger partial charge on any atom is -0.447 e. The molecular weight excluding hydrogens is 300 g/mol. The summed E-state index contributed by atoms with van der Waals surface area (Å²) >= 11 is 0. The lowest BCUT2D eigenvalue weighted by Gasteiger charge is -2.13. The van der Waals surface area contributed by atoms with E-state index in [1.165, 1.54) is 12.2 Å². The summed E-state index contributed by atoms with van der Waals surface area (Å²) in [6.45, 7) is 8.71. The molecule has 130 valence electrons. The van der Waals surface area contributed by atoms with Crippen molar-refractivity contribution in [1.29, 1.82) is 0 Å². The zero-order valence-electron chi connectivity index (χ0n) is 14.3. The van der Waals surface area contributed by atoms with Gasteiger partial charge in [-0.1, -0.05) is 33.6 Å². The van der Waals surface area contributed by atoms with Gasteiger partial charge < -0.3 is 14.8 Å². The highest BCUT2D eigenvalue weighted by Gasteiger charge is 2.22. The average Bonchev–Trinajstić information content (AvgIpc) is 2.91. The lowest BCUT2D eigenvalue weighted by Crippen LogP contribution is -2.33. The number of carbonyl (C=O) groups excluding carboxylic acids is 3. The molecule has 0 aromatic rings. The van der Waals surface area contributed by atoms with Crippen LogP contribution in [0.5, 0.6) is 0 Å². The summed E-state index contributed by atoms with van der Waals surface area (Å²) in [7, 11) is 0. The average molecular weight is 326 g/mol. The molecule has 7 nitrogen and oxygen atoms in total. The largest absolute Gasteiger partial charge is 0.447 e. The van der Waals surface area contributed by atoms with Crippen molar-refractivity contribution in [3.8, 4) is 12.3 Å². The van der Waals surface area contributed by atoms with Crippen LogP contribution in [0.2, 0.25) is 0 Å². The first-order valence-corrected chi connectivity index (χ1v) is 7.60. The topological polar surface area (TPSA) is 84.9 Å². The number of nitrogens with zero attached hydrogens (tertiary/aromatic N) is 1. The van der Waals surface area contributed by atoms with Crippen molar-refractivity contribution in [3.63, 3.8) is 0 Å². The summed E-state index contributed by atoms with van der Waals surface area (Å²) in [6, 6.07) is 0. The first-order valence-electron chi connectivity index (χ1n) is 7.60. The van der Waals surface area contributed by atoms with Crippen LogP contribution >= 0.6 is 0 Å². The van der Waals surface area contributed by atoms with Gasteiger partial charge in [0, 0.05) is 12.2 Å². The number of hydrogen-bond donors (Lipinski definition) is 1. The molecule has 23 heavy (non-hydrogen) atoms. The van der Waals surface area contributed by atoms with E-state index < -0.39 is 6.09 Å². The van der Waals surface area contributed by atoms with Crippen LogP contribution in [0.25, 0.3) is 0 Å². The Kier molecular flexibility index (Phi) is 16.0. The summed E-state index contributed by atoms with van der Waals surface area (Å²) in [6.07, 6.45) is 6.75. The van der Waals surface area contributed by atoms with E-state index >= 15 is 0 Å². The van der Waals surface area contributed by atoms with Crippen molar-refractivity contribution in [2.24, 2.45) is 0 Å². The van der Waals surface area contributed by atoms with Crippen LogP contribution in [-0.4, -0.2) is 55.7 Å². The number of terminal acetylenes is 1. The zero-order chi connectivity index (χ0) is 18.1. The summed E-state index contributed by atoms with van der Waals surface area (Å²) in [5.41, 5.74) is 0. The molecule has 0 radical (unpaired) electrons. The predicted molar refractivity (Wildman–Crippen MR) is 87.6 cm³/mol. The molecule has 0 saturated carbocycles. The van der Waals surface area contributed by atoms with Crippen molar-refractivity contribution in [1.82, 2.24) is 10.2 Å². The van der Waals surface area contributed by atoms with Gasteiger partial charge in [-0.3, -0.25) is 14.5 Å². The second-order valence-corrected chi connectivity index (χ2v) is 3.47. The Balaban J connectivity index is 0. The Hall–Kier alpha value is -2.33. The van der Waals surface area contributed by atoms with Gasteiger partial charge in [0.15, 0.2) is 0 Å². The van der Waals surface area contributed by atoms with Gasteiger partial charge in [0.1, 0.15) is 6.61 Å². The molecule has 0 saturated heterocycles. The molecule has 0 spiro atoms. The number of amides is 3. The molecule has 1 N–H and O–H groups in total. The maximum Gasteiger partial charge on any atom is 0.407 e. The van der Waals surface area contributed by atoms with Gasteiger partial charge in [-0.2, -0.15) is 0 Å². The van der Waals surface area contributed by atoms with E-state index in [2.05, 4.69) is 11.2 Å². The quantitative estimate of drug-likeness (QED) is 0.433. The van der Waals surface area contributed by atoms with Crippen LogP contribution in [0.3, 0.4) is 0 Å². The first-order chi connectivity index (χ1) is 11.1. The number of imide groups is 1. The number of rotatable bonds is 7. The SMILES string of the molecule is C#CCNC(=O)OCCOCCN1C(=O)C=CC1=O.CC.CC. The van der Waals surface area contributed by atoms with Gasteiger partial charge in [0.05, 0.1) is 26.3 Å². The van der Waals surface area contributed by atoms with Gasteiger partial charge in [0.2, 0.25) is 0 Å². The van der Waals surface area contributed by atoms with Crippen molar-refractivity contribution in [3.05, 3.63) is 12.2 Å². The fourth-order valence-electron chi connectivity index (χ4n) is 1.28. The minimum absolute atomic E-state index is 0.0660. The first kappa shape index (κ1) is 22.9. The third-order valence-electron chi connectivity index (χ3n) is 2.16. The second kappa shape index (κ2) is 16.0. The van der Waals surface area contributed by atoms with Crippen LogP contribution in [0.4, 0.5) is 4.79 Å². The fraction of sp³-hybridized carbons (Fsp3) is 0.562. The molecule has 1 rings (SSSR count). The van der Waals surface area contributed by atoms with Gasteiger partial charge in [-0.25, -0.2) is 4.79 Å². The normalized spacial score (nSPS) is 11.7. The van der Waals surface area contributed by atoms with E-state index in [0.29, 0.717) is 0 Å².